The summed E-state index contributed by atoms with van der Waals surface area (Å²) in [5.74, 6) is 0. The highest BCUT2D eigenvalue weighted by Crippen LogP contribution is 2.34. The summed E-state index contributed by atoms with van der Waals surface area (Å²) in [5.41, 5.74) is 5.31. The Morgan fingerprint density at radius 1 is 0.969 bits per heavy atom. The van der Waals surface area contributed by atoms with Gasteiger partial charge in [0.15, 0.2) is 0 Å². The fourth-order valence-electron chi connectivity index (χ4n) is 4.04. The Labute approximate surface area is 188 Å². The van der Waals surface area contributed by atoms with E-state index >= 15 is 0 Å². The molecule has 0 amide bonds. The highest BCUT2D eigenvalue weighted by Gasteiger charge is 2.18. The fourth-order valence-corrected chi connectivity index (χ4v) is 4.04. The number of aromatic nitrogens is 3. The third-order valence-corrected chi connectivity index (χ3v) is 5.66. The molecule has 0 radical (unpaired) electrons. The SMILES string of the molecule is CN(C)CCCNc1ccccc1-c1nc2ccccc2c2c1[nH]c(=O)n2CCN(C)C. The quantitative estimate of drug-likeness (QED) is 0.397. The largest absolute Gasteiger partial charge is 0.384 e. The topological polar surface area (TPSA) is 69.2 Å². The van der Waals surface area contributed by atoms with E-state index < -0.39 is 0 Å². The lowest BCUT2D eigenvalue weighted by Crippen LogP contribution is -2.24. The molecule has 0 spiro atoms. The second-order valence-corrected chi connectivity index (χ2v) is 8.72. The predicted octanol–water partition coefficient (Wildman–Crippen LogP) is 3.47. The van der Waals surface area contributed by atoms with Gasteiger partial charge >= 0.3 is 5.69 Å². The summed E-state index contributed by atoms with van der Waals surface area (Å²) >= 11 is 0. The highest BCUT2D eigenvalue weighted by atomic mass is 16.1. The molecule has 0 atom stereocenters. The average Bonchev–Trinajstić information content (AvgIpc) is 3.11. The Morgan fingerprint density at radius 3 is 2.47 bits per heavy atom. The van der Waals surface area contributed by atoms with Crippen molar-refractivity contribution in [2.75, 3.05) is 53.1 Å². The van der Waals surface area contributed by atoms with Crippen molar-refractivity contribution in [3.8, 4) is 11.3 Å². The van der Waals surface area contributed by atoms with Crippen LogP contribution in [-0.2, 0) is 6.54 Å². The van der Waals surface area contributed by atoms with E-state index in [0.29, 0.717) is 6.54 Å². The van der Waals surface area contributed by atoms with E-state index in [2.05, 4.69) is 46.3 Å². The number of anilines is 1. The number of fused-ring (bicyclic) bond motifs is 3. The third-order valence-electron chi connectivity index (χ3n) is 5.66. The van der Waals surface area contributed by atoms with Gasteiger partial charge in [0.05, 0.1) is 22.2 Å². The lowest BCUT2D eigenvalue weighted by Gasteiger charge is -2.15. The van der Waals surface area contributed by atoms with Crippen molar-refractivity contribution in [2.24, 2.45) is 0 Å². The van der Waals surface area contributed by atoms with E-state index in [4.69, 9.17) is 4.98 Å². The molecule has 168 valence electrons. The lowest BCUT2D eigenvalue weighted by molar-refractivity contribution is 0.384. The number of para-hydroxylation sites is 2. The molecule has 2 aromatic heterocycles. The summed E-state index contributed by atoms with van der Waals surface area (Å²) < 4.78 is 1.84. The normalized spacial score (nSPS) is 11.8. The van der Waals surface area contributed by atoms with E-state index in [1.165, 1.54) is 0 Å². The number of pyridine rings is 1. The van der Waals surface area contributed by atoms with Crippen LogP contribution in [0.3, 0.4) is 0 Å². The molecule has 7 heteroatoms. The number of rotatable bonds is 9. The van der Waals surface area contributed by atoms with Crippen LogP contribution in [0.15, 0.2) is 53.3 Å². The summed E-state index contributed by atoms with van der Waals surface area (Å²) in [4.78, 5) is 25.4. The van der Waals surface area contributed by atoms with Gasteiger partial charge in [-0.05, 0) is 53.3 Å². The zero-order valence-electron chi connectivity index (χ0n) is 19.4. The minimum absolute atomic E-state index is 0.0994. The zero-order valence-corrected chi connectivity index (χ0v) is 19.4. The molecule has 2 N–H and O–H groups in total. The first-order chi connectivity index (χ1) is 15.5. The van der Waals surface area contributed by atoms with Crippen LogP contribution in [0.4, 0.5) is 5.69 Å². The standard InChI is InChI=1S/C25H32N6O/c1-29(2)15-9-14-26-20-12-7-5-10-18(20)22-23-24(19-11-6-8-13-21(19)27-22)31(25(32)28-23)17-16-30(3)4/h5-8,10-13,26H,9,14-17H2,1-4H3,(H,28,32). The molecule has 2 aromatic carbocycles. The van der Waals surface area contributed by atoms with Crippen molar-refractivity contribution in [3.05, 3.63) is 59.0 Å². The molecule has 0 aliphatic heterocycles. The minimum atomic E-state index is -0.0994. The van der Waals surface area contributed by atoms with Crippen LogP contribution in [0.5, 0.6) is 0 Å². The van der Waals surface area contributed by atoms with Gasteiger partial charge in [0.2, 0.25) is 0 Å². The van der Waals surface area contributed by atoms with Crippen molar-refractivity contribution in [2.45, 2.75) is 13.0 Å². The number of nitrogens with one attached hydrogen (secondary N) is 2. The third kappa shape index (κ3) is 4.54. The molecule has 32 heavy (non-hydrogen) atoms. The van der Waals surface area contributed by atoms with Gasteiger partial charge in [-0.3, -0.25) is 4.57 Å². The Kier molecular flexibility index (Phi) is 6.58. The predicted molar refractivity (Wildman–Crippen MR) is 134 cm³/mol. The summed E-state index contributed by atoms with van der Waals surface area (Å²) in [7, 11) is 8.20. The fraction of sp³-hybridized carbons (Fsp3) is 0.360. The number of benzene rings is 2. The molecule has 0 unspecified atom stereocenters. The molecule has 0 aliphatic rings. The lowest BCUT2D eigenvalue weighted by atomic mass is 10.0. The number of hydrogen-bond donors (Lipinski definition) is 2. The number of H-pyrrole nitrogens is 1. The number of nitrogens with zero attached hydrogens (tertiary/aromatic N) is 4. The molecule has 0 bridgehead atoms. The van der Waals surface area contributed by atoms with Crippen LogP contribution in [0.2, 0.25) is 0 Å². The van der Waals surface area contributed by atoms with Crippen LogP contribution in [-0.4, -0.2) is 72.2 Å². The number of likely N-dealkylation sites (N-methyl/N-ethyl adjacent to an activating group) is 1. The maximum atomic E-state index is 13.0. The van der Waals surface area contributed by atoms with Crippen LogP contribution < -0.4 is 11.0 Å². The van der Waals surface area contributed by atoms with Gasteiger partial charge in [0.25, 0.3) is 0 Å². The van der Waals surface area contributed by atoms with Crippen molar-refractivity contribution in [3.63, 3.8) is 0 Å². The van der Waals surface area contributed by atoms with Crippen molar-refractivity contribution in [1.82, 2.24) is 24.3 Å². The first kappa shape index (κ1) is 22.0. The van der Waals surface area contributed by atoms with E-state index in [9.17, 15) is 4.79 Å². The molecule has 4 rings (SSSR count). The van der Waals surface area contributed by atoms with E-state index in [0.717, 1.165) is 64.9 Å². The molecule has 2 heterocycles. The van der Waals surface area contributed by atoms with E-state index in [1.54, 1.807) is 0 Å². The molecule has 0 saturated heterocycles. The minimum Gasteiger partial charge on any atom is -0.384 e. The van der Waals surface area contributed by atoms with Crippen LogP contribution in [0.25, 0.3) is 33.2 Å². The van der Waals surface area contributed by atoms with E-state index in [-0.39, 0.29) is 5.69 Å². The van der Waals surface area contributed by atoms with E-state index in [1.807, 2.05) is 55.1 Å². The molecule has 0 fully saturated rings. The molecule has 0 aliphatic carbocycles. The maximum absolute atomic E-state index is 13.0. The van der Waals surface area contributed by atoms with Gasteiger partial charge in [-0.2, -0.15) is 0 Å². The molecule has 4 aromatic rings. The van der Waals surface area contributed by atoms with Crippen molar-refractivity contribution >= 4 is 27.6 Å². The van der Waals surface area contributed by atoms with Gasteiger partial charge in [-0.1, -0.05) is 36.4 Å². The van der Waals surface area contributed by atoms with Gasteiger partial charge in [0.1, 0.15) is 0 Å². The maximum Gasteiger partial charge on any atom is 0.326 e. The summed E-state index contributed by atoms with van der Waals surface area (Å²) in [5, 5.41) is 4.56. The molecule has 7 nitrogen and oxygen atoms in total. The van der Waals surface area contributed by atoms with Crippen LogP contribution in [0.1, 0.15) is 6.42 Å². The molecular formula is C25H32N6O. The Bertz CT molecular complexity index is 1270. The highest BCUT2D eigenvalue weighted by molar-refractivity contribution is 6.08. The van der Waals surface area contributed by atoms with Crippen LogP contribution >= 0.6 is 0 Å². The van der Waals surface area contributed by atoms with Gasteiger partial charge in [-0.15, -0.1) is 0 Å². The summed E-state index contributed by atoms with van der Waals surface area (Å²) in [6, 6.07) is 16.2. The monoisotopic (exact) mass is 432 g/mol. The average molecular weight is 433 g/mol. The molecular weight excluding hydrogens is 400 g/mol. The van der Waals surface area contributed by atoms with Crippen molar-refractivity contribution < 1.29 is 0 Å². The number of aromatic amines is 1. The first-order valence-electron chi connectivity index (χ1n) is 11.1. The van der Waals surface area contributed by atoms with Crippen LogP contribution in [0, 0.1) is 0 Å². The summed E-state index contributed by atoms with van der Waals surface area (Å²) in [6.07, 6.45) is 1.04. The number of hydrogen-bond acceptors (Lipinski definition) is 5. The number of imidazole rings is 1. The molecule has 0 saturated carbocycles. The zero-order chi connectivity index (χ0) is 22.7. The van der Waals surface area contributed by atoms with Gasteiger partial charge < -0.3 is 20.1 Å². The smallest absolute Gasteiger partial charge is 0.326 e. The summed E-state index contributed by atoms with van der Waals surface area (Å²) in [6.45, 7) is 3.29. The second kappa shape index (κ2) is 9.54. The van der Waals surface area contributed by atoms with Gasteiger partial charge in [-0.25, -0.2) is 9.78 Å². The van der Waals surface area contributed by atoms with Crippen molar-refractivity contribution in [1.29, 1.82) is 0 Å². The second-order valence-electron chi connectivity index (χ2n) is 8.72. The van der Waals surface area contributed by atoms with Gasteiger partial charge in [0, 0.05) is 36.3 Å². The Balaban J connectivity index is 1.85. The Hall–Kier alpha value is -3.16. The Morgan fingerprint density at radius 2 is 1.69 bits per heavy atom. The first-order valence-corrected chi connectivity index (χ1v) is 11.1.